The minimum absolute atomic E-state index is 0.0503. The van der Waals surface area contributed by atoms with Crippen LogP contribution in [0.25, 0.3) is 0 Å². The summed E-state index contributed by atoms with van der Waals surface area (Å²) in [5.41, 5.74) is 0. The van der Waals surface area contributed by atoms with E-state index in [1.807, 2.05) is 0 Å². The highest BCUT2D eigenvalue weighted by Gasteiger charge is 2.12. The fourth-order valence-corrected chi connectivity index (χ4v) is 1.07. The summed E-state index contributed by atoms with van der Waals surface area (Å²) in [5.74, 6) is -0.162. The molecule has 0 amide bonds. The summed E-state index contributed by atoms with van der Waals surface area (Å²) in [7, 11) is -1.27. The predicted molar refractivity (Wildman–Crippen MR) is 44.5 cm³/mol. The zero-order valence-corrected chi connectivity index (χ0v) is 7.57. The summed E-state index contributed by atoms with van der Waals surface area (Å²) in [6.07, 6.45) is 0. The second-order valence-corrected chi connectivity index (χ2v) is 3.54. The number of esters is 1. The van der Waals surface area contributed by atoms with Crippen LogP contribution in [-0.4, -0.2) is 22.5 Å². The molecule has 1 unspecified atom stereocenters. The van der Waals surface area contributed by atoms with Crippen molar-refractivity contribution in [1.29, 1.82) is 0 Å². The number of rotatable bonds is 4. The Morgan fingerprint density at radius 3 is 2.45 bits per heavy atom. The van der Waals surface area contributed by atoms with Gasteiger partial charge >= 0.3 is 5.97 Å². The van der Waals surface area contributed by atoms with Crippen molar-refractivity contribution in [2.45, 2.75) is 13.8 Å². The van der Waals surface area contributed by atoms with E-state index in [0.717, 1.165) is 0 Å². The van der Waals surface area contributed by atoms with Gasteiger partial charge in [-0.2, -0.15) is 0 Å². The lowest BCUT2D eigenvalue weighted by atomic mass is 10.6. The summed E-state index contributed by atoms with van der Waals surface area (Å²) >= 11 is 0. The zero-order chi connectivity index (χ0) is 8.85. The largest absolute Gasteiger partial charge is 0.462 e. The molecule has 0 aromatic heterocycles. The lowest BCUT2D eigenvalue weighted by Gasteiger charge is -2.01. The van der Waals surface area contributed by atoms with E-state index in [2.05, 4.69) is 11.3 Å². The maximum absolute atomic E-state index is 10.9. The molecule has 0 rings (SSSR count). The van der Waals surface area contributed by atoms with Gasteiger partial charge in [0.05, 0.1) is 17.4 Å². The molecule has 0 aromatic rings. The monoisotopic (exact) mass is 176 g/mol. The highest BCUT2D eigenvalue weighted by atomic mass is 32.2. The van der Waals surface area contributed by atoms with Crippen LogP contribution in [-0.2, 0) is 20.3 Å². The first-order valence-corrected chi connectivity index (χ1v) is 4.69. The van der Waals surface area contributed by atoms with E-state index in [4.69, 9.17) is 0 Å². The predicted octanol–water partition coefficient (Wildman–Crippen LogP) is 0.832. The van der Waals surface area contributed by atoms with Crippen LogP contribution in [0.5, 0.6) is 0 Å². The molecule has 11 heavy (non-hydrogen) atoms. The number of hydrogen-bond donors (Lipinski definition) is 0. The third-order valence-corrected chi connectivity index (χ3v) is 2.28. The molecule has 0 saturated heterocycles. The molecule has 4 heteroatoms. The lowest BCUT2D eigenvalue weighted by molar-refractivity contribution is -0.137. The second kappa shape index (κ2) is 5.07. The third-order valence-electron chi connectivity index (χ3n) is 1.04. The van der Waals surface area contributed by atoms with Crippen molar-refractivity contribution >= 4 is 16.8 Å². The minimum atomic E-state index is -1.27. The molecule has 0 bridgehead atoms. The standard InChI is InChI=1S/C7H12O3S/c1-4-10-7(8)6(3)11(9)5-2/h3-5H2,1-2H3. The topological polar surface area (TPSA) is 43.4 Å². The fraction of sp³-hybridized carbons (Fsp3) is 0.571. The maximum atomic E-state index is 10.9. The van der Waals surface area contributed by atoms with Gasteiger partial charge in [0, 0.05) is 5.75 Å². The van der Waals surface area contributed by atoms with E-state index < -0.39 is 16.8 Å². The van der Waals surface area contributed by atoms with Gasteiger partial charge in [-0.1, -0.05) is 13.5 Å². The van der Waals surface area contributed by atoms with Crippen molar-refractivity contribution in [3.8, 4) is 0 Å². The fourth-order valence-electron chi connectivity index (χ4n) is 0.479. The van der Waals surface area contributed by atoms with E-state index in [9.17, 15) is 9.00 Å². The molecule has 64 valence electrons. The molecular weight excluding hydrogens is 164 g/mol. The zero-order valence-electron chi connectivity index (χ0n) is 6.75. The first-order valence-electron chi connectivity index (χ1n) is 3.37. The number of carbonyl (C=O) groups is 1. The minimum Gasteiger partial charge on any atom is -0.462 e. The van der Waals surface area contributed by atoms with Gasteiger partial charge < -0.3 is 4.74 Å². The van der Waals surface area contributed by atoms with Crippen molar-refractivity contribution in [3.63, 3.8) is 0 Å². The number of hydrogen-bond acceptors (Lipinski definition) is 3. The van der Waals surface area contributed by atoms with Crippen LogP contribution in [0.15, 0.2) is 11.5 Å². The Kier molecular flexibility index (Phi) is 4.77. The molecule has 0 aromatic carbocycles. The van der Waals surface area contributed by atoms with E-state index in [1.165, 1.54) is 0 Å². The molecule has 3 nitrogen and oxygen atoms in total. The SMILES string of the molecule is C=C(C(=O)OCC)S(=O)CC. The van der Waals surface area contributed by atoms with E-state index in [0.29, 0.717) is 12.4 Å². The van der Waals surface area contributed by atoms with Crippen molar-refractivity contribution < 1.29 is 13.7 Å². The van der Waals surface area contributed by atoms with Crippen LogP contribution in [0.2, 0.25) is 0 Å². The van der Waals surface area contributed by atoms with Crippen LogP contribution in [0.1, 0.15) is 13.8 Å². The first kappa shape index (κ1) is 10.4. The van der Waals surface area contributed by atoms with E-state index in [1.54, 1.807) is 13.8 Å². The van der Waals surface area contributed by atoms with Gasteiger partial charge in [-0.3, -0.25) is 4.21 Å². The van der Waals surface area contributed by atoms with Gasteiger partial charge in [0.15, 0.2) is 0 Å². The smallest absolute Gasteiger partial charge is 0.346 e. The highest BCUT2D eigenvalue weighted by Crippen LogP contribution is 2.01. The molecule has 0 N–H and O–H groups in total. The Morgan fingerprint density at radius 2 is 2.09 bits per heavy atom. The number of ether oxygens (including phenoxy) is 1. The molecule has 0 heterocycles. The molecule has 0 fully saturated rings. The van der Waals surface area contributed by atoms with Crippen molar-refractivity contribution in [2.24, 2.45) is 0 Å². The normalized spacial score (nSPS) is 12.2. The van der Waals surface area contributed by atoms with E-state index >= 15 is 0 Å². The van der Waals surface area contributed by atoms with Gasteiger partial charge in [-0.15, -0.1) is 0 Å². The summed E-state index contributed by atoms with van der Waals surface area (Å²) in [4.78, 5) is 10.9. The Morgan fingerprint density at radius 1 is 1.55 bits per heavy atom. The van der Waals surface area contributed by atoms with Gasteiger partial charge in [0.1, 0.15) is 4.91 Å². The molecule has 0 aliphatic rings. The Balaban J connectivity index is 4.03. The molecular formula is C7H12O3S. The second-order valence-electron chi connectivity index (χ2n) is 1.78. The molecule has 0 radical (unpaired) electrons. The van der Waals surface area contributed by atoms with Gasteiger partial charge in [0.25, 0.3) is 0 Å². The van der Waals surface area contributed by atoms with Gasteiger partial charge in [0.2, 0.25) is 0 Å². The van der Waals surface area contributed by atoms with E-state index in [-0.39, 0.29) is 4.91 Å². The molecule has 1 atom stereocenters. The maximum Gasteiger partial charge on any atom is 0.346 e. The Hall–Kier alpha value is -0.640. The number of carbonyl (C=O) groups excluding carboxylic acids is 1. The lowest BCUT2D eigenvalue weighted by Crippen LogP contribution is -2.11. The van der Waals surface area contributed by atoms with Crippen molar-refractivity contribution in [2.75, 3.05) is 12.4 Å². The molecule has 0 saturated carbocycles. The van der Waals surface area contributed by atoms with Crippen LogP contribution in [0.3, 0.4) is 0 Å². The van der Waals surface area contributed by atoms with Gasteiger partial charge in [-0.05, 0) is 6.92 Å². The van der Waals surface area contributed by atoms with Gasteiger partial charge in [-0.25, -0.2) is 4.79 Å². The summed E-state index contributed by atoms with van der Waals surface area (Å²) in [6, 6.07) is 0. The summed E-state index contributed by atoms with van der Waals surface area (Å²) in [6.45, 7) is 7.08. The van der Waals surface area contributed by atoms with Crippen molar-refractivity contribution in [3.05, 3.63) is 11.5 Å². The Labute approximate surface area is 68.9 Å². The Bertz CT molecular complexity index is 186. The average molecular weight is 176 g/mol. The van der Waals surface area contributed by atoms with Crippen LogP contribution in [0, 0.1) is 0 Å². The summed E-state index contributed by atoms with van der Waals surface area (Å²) in [5, 5.41) is 0. The van der Waals surface area contributed by atoms with Crippen LogP contribution in [0.4, 0.5) is 0 Å². The highest BCUT2D eigenvalue weighted by molar-refractivity contribution is 7.89. The summed E-state index contributed by atoms with van der Waals surface area (Å²) < 4.78 is 15.5. The third kappa shape index (κ3) is 3.32. The first-order chi connectivity index (χ1) is 5.13. The average Bonchev–Trinajstić information content (AvgIpc) is 2.02. The molecule has 0 aliphatic carbocycles. The molecule has 0 spiro atoms. The quantitative estimate of drug-likeness (QED) is 0.470. The molecule has 0 aliphatic heterocycles. The van der Waals surface area contributed by atoms with Crippen molar-refractivity contribution in [1.82, 2.24) is 0 Å². The van der Waals surface area contributed by atoms with Crippen LogP contribution < -0.4 is 0 Å². The van der Waals surface area contributed by atoms with Crippen LogP contribution >= 0.6 is 0 Å².